The minimum absolute atomic E-state index is 0.00435. The van der Waals surface area contributed by atoms with Crippen molar-refractivity contribution < 1.29 is 76.7 Å². The van der Waals surface area contributed by atoms with Crippen molar-refractivity contribution in [1.82, 2.24) is 105 Å². The number of thioether (sulfide) groups is 3. The van der Waals surface area contributed by atoms with Crippen molar-refractivity contribution in [3.05, 3.63) is 126 Å². The van der Waals surface area contributed by atoms with Crippen LogP contribution in [0.4, 0.5) is 4.79 Å². The zero-order valence-electron chi connectivity index (χ0n) is 72.4. The van der Waals surface area contributed by atoms with Gasteiger partial charge in [-0.15, -0.1) is 0 Å². The zero-order chi connectivity index (χ0) is 92.2. The number of urea groups is 1. The number of benzene rings is 3. The van der Waals surface area contributed by atoms with Gasteiger partial charge in [-0.25, -0.2) is 9.78 Å². The largest absolute Gasteiger partial charge is 0.368 e. The first-order chi connectivity index (χ1) is 61.6. The van der Waals surface area contributed by atoms with Gasteiger partial charge in [-0.1, -0.05) is 73.2 Å². The molecule has 0 spiro atoms. The summed E-state index contributed by atoms with van der Waals surface area (Å²) < 4.78 is 0. The van der Waals surface area contributed by atoms with Crippen LogP contribution in [0.2, 0.25) is 0 Å². The molecule has 0 radical (unpaired) electrons. The van der Waals surface area contributed by atoms with Gasteiger partial charge >= 0.3 is 6.03 Å². The highest BCUT2D eigenvalue weighted by Gasteiger charge is 2.44. The lowest BCUT2D eigenvalue weighted by molar-refractivity contribution is -0.142. The van der Waals surface area contributed by atoms with E-state index in [1.165, 1.54) is 48.6 Å². The highest BCUT2D eigenvalue weighted by molar-refractivity contribution is 8.00. The van der Waals surface area contributed by atoms with Crippen LogP contribution < -0.4 is 97.0 Å². The van der Waals surface area contributed by atoms with Crippen LogP contribution in [0, 0.1) is 0 Å². The first kappa shape index (κ1) is 100. The van der Waals surface area contributed by atoms with E-state index in [0.717, 1.165) is 46.0 Å². The van der Waals surface area contributed by atoms with Crippen LogP contribution in [-0.4, -0.2) is 272 Å². The summed E-state index contributed by atoms with van der Waals surface area (Å²) in [7, 11) is 0. The Morgan fingerprint density at radius 2 is 1.06 bits per heavy atom. The van der Waals surface area contributed by atoms with E-state index in [2.05, 4.69) is 99.7 Å². The maximum Gasteiger partial charge on any atom is 0.315 e. The lowest BCUT2D eigenvalue weighted by Gasteiger charge is -2.31. The molecule has 0 unspecified atom stereocenters. The van der Waals surface area contributed by atoms with Crippen molar-refractivity contribution in [3.8, 4) is 0 Å². The normalized spacial score (nSPS) is 17.5. The zero-order valence-corrected chi connectivity index (χ0v) is 74.8. The van der Waals surface area contributed by atoms with Crippen LogP contribution >= 0.6 is 35.3 Å². The number of para-hydroxylation sites is 2. The molecule has 0 aliphatic carbocycles. The Labute approximate surface area is 754 Å². The minimum Gasteiger partial charge on any atom is -0.368 e. The first-order valence-corrected chi connectivity index (χ1v) is 47.1. The number of carbonyl (C=O) groups excluding carboxylic acids is 16. The van der Waals surface area contributed by atoms with Gasteiger partial charge in [0.1, 0.15) is 60.4 Å². The second-order valence-corrected chi connectivity index (χ2v) is 35.3. The van der Waals surface area contributed by atoms with Crippen molar-refractivity contribution in [3.63, 3.8) is 0 Å². The smallest absolute Gasteiger partial charge is 0.315 e. The van der Waals surface area contributed by atoms with Gasteiger partial charge in [0.2, 0.25) is 88.6 Å². The molecule has 6 heterocycles. The number of nitrogens with zero attached hydrogens (tertiary/aromatic N) is 2. The van der Waals surface area contributed by atoms with Crippen LogP contribution in [0.5, 0.6) is 0 Å². The Morgan fingerprint density at radius 1 is 0.523 bits per heavy atom. The van der Waals surface area contributed by atoms with Crippen LogP contribution in [0.25, 0.3) is 21.8 Å². The third-order valence-corrected chi connectivity index (χ3v) is 25.2. The summed E-state index contributed by atoms with van der Waals surface area (Å²) in [5.41, 5.74) is 21.8. The standard InChI is InChI=1S/C86H121N23O16S3/c1-49(76(115)101-61(26-14-16-32-87)79(118)96-45-72(112)94-44-71(111)95-46-73(113)100-60(75(89)114)25-15-17-33-91-70(110)29-13-12-28-69-74-67(47-128-69)107-86(125)108-74)98-80(119)62(30-35-126-3)103-81(120)63(31-36-127-4)102-77(116)50(2)99-82(121)64(38-52-41-92-58-23-10-8-21-55(52)58)105-84(123)68-27-18-34-109(68)85(124)66(40-54-43-90-48-97-54)106-83(122)65(39-53-42-93-59-24-11-9-22-56(53)59)104-78(117)57(88)37-51-19-6-5-7-20-51/h5-11,19-24,41-43,48-50,57,60-69,74,92-93H,12-18,25-40,44-47,87-88H2,1-4H3,(H2,89,114)(H,90,97)(H,91,110)(H,94,112)(H,95,111)(H,96,118)(H,98,119)(H,99,121)(H,100,113)(H,101,115)(H,102,116)(H,103,120)(H,104,117)(H,105,123)(H,106,122)(H2,107,108,125)/t49-,50-,57-,60-,61-,62-,63-,64-,65-,66-,67-,68-,69-,74-/m0/s1. The molecule has 3 aromatic heterocycles. The molecule has 42 heteroatoms. The van der Waals surface area contributed by atoms with Crippen molar-refractivity contribution in [1.29, 1.82) is 0 Å². The van der Waals surface area contributed by atoms with Gasteiger partial charge in [-0.05, 0) is 157 Å². The summed E-state index contributed by atoms with van der Waals surface area (Å²) in [6, 6.07) is 10.3. The van der Waals surface area contributed by atoms with Gasteiger partial charge in [0.25, 0.3) is 0 Å². The molecule has 694 valence electrons. The number of hydrogen-bond donors (Lipinski definition) is 21. The van der Waals surface area contributed by atoms with Crippen molar-refractivity contribution in [2.45, 2.75) is 213 Å². The Balaban J connectivity index is 0.751. The third kappa shape index (κ3) is 31.0. The lowest BCUT2D eigenvalue weighted by atomic mass is 10.0. The quantitative estimate of drug-likeness (QED) is 0.0158. The minimum atomic E-state index is -1.39. The molecule has 17 amide bonds. The second kappa shape index (κ2) is 51.3. The van der Waals surface area contributed by atoms with Crippen molar-refractivity contribution in [2.24, 2.45) is 17.2 Å². The van der Waals surface area contributed by atoms with Crippen LogP contribution in [0.3, 0.4) is 0 Å². The van der Waals surface area contributed by atoms with E-state index < -0.39 is 169 Å². The Morgan fingerprint density at radius 3 is 1.67 bits per heavy atom. The molecular formula is C86H121N23O16S3. The Hall–Kier alpha value is -11.8. The maximum atomic E-state index is 15.2. The highest BCUT2D eigenvalue weighted by atomic mass is 32.2. The lowest BCUT2D eigenvalue weighted by Crippen LogP contribution is -2.60. The van der Waals surface area contributed by atoms with E-state index >= 15 is 4.79 Å². The van der Waals surface area contributed by atoms with Crippen LogP contribution in [-0.2, 0) is 97.6 Å². The molecule has 3 fully saturated rings. The molecule has 0 bridgehead atoms. The number of likely N-dealkylation sites (tertiary alicyclic amines) is 1. The van der Waals surface area contributed by atoms with E-state index in [-0.39, 0.29) is 94.9 Å². The van der Waals surface area contributed by atoms with Crippen LogP contribution in [0.15, 0.2) is 104 Å². The van der Waals surface area contributed by atoms with E-state index in [1.54, 1.807) is 31.1 Å². The van der Waals surface area contributed by atoms with Gasteiger partial charge in [0.15, 0.2) is 0 Å². The molecule has 3 aliphatic rings. The number of aromatic nitrogens is 4. The number of H-pyrrole nitrogens is 3. The van der Waals surface area contributed by atoms with Crippen LogP contribution in [0.1, 0.15) is 126 Å². The number of carbonyl (C=O) groups is 16. The number of hydrogen-bond acceptors (Lipinski definition) is 22. The Kier molecular flexibility index (Phi) is 40.1. The Bertz CT molecular complexity index is 4790. The fourth-order valence-electron chi connectivity index (χ4n) is 15.3. The van der Waals surface area contributed by atoms with E-state index in [0.29, 0.717) is 85.1 Å². The molecule has 6 aromatic rings. The summed E-state index contributed by atoms with van der Waals surface area (Å²) in [5.74, 6) is -9.14. The maximum absolute atomic E-state index is 15.2. The molecule has 128 heavy (non-hydrogen) atoms. The molecule has 0 saturated carbocycles. The summed E-state index contributed by atoms with van der Waals surface area (Å²) in [5, 5.41) is 42.2. The summed E-state index contributed by atoms with van der Waals surface area (Å²) in [4.78, 5) is 234. The molecule has 39 nitrogen and oxygen atoms in total. The predicted octanol–water partition coefficient (Wildman–Crippen LogP) is -1.15. The second-order valence-electron chi connectivity index (χ2n) is 32.1. The average molecular weight is 1830 g/mol. The number of rotatable bonds is 54. The van der Waals surface area contributed by atoms with Gasteiger partial charge in [-0.2, -0.15) is 35.3 Å². The molecule has 9 rings (SSSR count). The molecule has 3 saturated heterocycles. The third-order valence-electron chi connectivity index (χ3n) is 22.4. The number of unbranched alkanes of at least 4 members (excludes halogenated alkanes) is 3. The number of aromatic amines is 3. The monoisotopic (exact) mass is 1830 g/mol. The topological polar surface area (TPSA) is 595 Å². The van der Waals surface area contributed by atoms with Gasteiger partial charge in [0.05, 0.1) is 49.8 Å². The van der Waals surface area contributed by atoms with Crippen molar-refractivity contribution in [2.75, 3.05) is 69.0 Å². The molecule has 24 N–H and O–H groups in total. The summed E-state index contributed by atoms with van der Waals surface area (Å²) in [6.07, 6.45) is 15.3. The summed E-state index contributed by atoms with van der Waals surface area (Å²) in [6.45, 7) is 1.59. The first-order valence-electron chi connectivity index (χ1n) is 43.2. The highest BCUT2D eigenvalue weighted by Crippen LogP contribution is 2.33. The number of nitrogens with one attached hydrogen (secondary N) is 18. The van der Waals surface area contributed by atoms with Gasteiger partial charge in [-0.3, -0.25) is 71.9 Å². The molecule has 3 aromatic carbocycles. The molecule has 14 atom stereocenters. The predicted molar refractivity (Wildman–Crippen MR) is 486 cm³/mol. The number of nitrogens with two attached hydrogens (primary N) is 3. The number of amides is 17. The average Bonchev–Trinajstić information content (AvgIpc) is 1.68. The molecule has 3 aliphatic heterocycles. The fourth-order valence-corrected chi connectivity index (χ4v) is 17.8. The van der Waals surface area contributed by atoms with E-state index in [1.807, 2.05) is 90.6 Å². The number of imidazole rings is 1. The molecular weight excluding hydrogens is 1710 g/mol. The summed E-state index contributed by atoms with van der Waals surface area (Å²) >= 11 is 4.55. The van der Waals surface area contributed by atoms with Gasteiger partial charge in [0, 0.05) is 90.2 Å². The number of primary amides is 1. The van der Waals surface area contributed by atoms with E-state index in [9.17, 15) is 71.9 Å². The van der Waals surface area contributed by atoms with Crippen molar-refractivity contribution >= 4 is 152 Å². The fraction of sp³-hybridized carbons (Fsp3) is 0.523. The number of fused-ring (bicyclic) bond motifs is 3. The van der Waals surface area contributed by atoms with E-state index in [4.69, 9.17) is 17.2 Å². The van der Waals surface area contributed by atoms with Gasteiger partial charge < -0.3 is 117 Å². The SMILES string of the molecule is CSCC[C@H](NC(=O)[C@H](C)NC(=O)[C@H](Cc1c[nH]c2ccccc12)NC(=O)[C@@H]1CCCN1C(=O)[C@H](Cc1c[nH]cn1)NC(=O)[C@H](Cc1c[nH]c2ccccc12)NC(=O)[C@@H](N)Cc1ccccc1)C(=O)N[C@@H](CCSC)C(=O)N[C@@H](C)C(=O)N[C@@H](CCCCN)C(=O)NCC(=O)NCC(=O)NCC(=O)N[C@@H](CCCCNC(=O)CCCC[C@@H]1SC[C@@H]2NC(=O)N[C@@H]21)C(N)=O.